The SMILES string of the molecule is CC(C)(C)[Si](C)(C)OC[C@H]1C[C@@H]1[C@H]1C[C@]1(C)C=O. The van der Waals surface area contributed by atoms with Gasteiger partial charge < -0.3 is 9.22 Å². The first-order valence-corrected chi connectivity index (χ1v) is 10.1. The minimum absolute atomic E-state index is 0.0103. The Labute approximate surface area is 113 Å². The molecule has 0 aromatic heterocycles. The zero-order chi connectivity index (χ0) is 13.8. The van der Waals surface area contributed by atoms with Crippen molar-refractivity contribution in [3.63, 3.8) is 0 Å². The van der Waals surface area contributed by atoms with E-state index in [1.807, 2.05) is 0 Å². The number of carbonyl (C=O) groups is 1. The van der Waals surface area contributed by atoms with E-state index in [4.69, 9.17) is 4.43 Å². The Bertz CT molecular complexity index is 345. The third-order valence-electron chi connectivity index (χ3n) is 5.57. The van der Waals surface area contributed by atoms with Crippen LogP contribution in [-0.2, 0) is 9.22 Å². The lowest BCUT2D eigenvalue weighted by Crippen LogP contribution is -2.41. The van der Waals surface area contributed by atoms with Gasteiger partial charge in [-0.1, -0.05) is 27.7 Å². The Kier molecular flexibility index (Phi) is 3.30. The summed E-state index contributed by atoms with van der Waals surface area (Å²) >= 11 is 0. The molecule has 0 aromatic rings. The van der Waals surface area contributed by atoms with Gasteiger partial charge in [-0.25, -0.2) is 0 Å². The summed E-state index contributed by atoms with van der Waals surface area (Å²) < 4.78 is 6.28. The zero-order valence-corrected chi connectivity index (χ0v) is 13.7. The van der Waals surface area contributed by atoms with E-state index >= 15 is 0 Å². The van der Waals surface area contributed by atoms with E-state index in [2.05, 4.69) is 40.8 Å². The van der Waals surface area contributed by atoms with E-state index in [1.165, 1.54) is 12.7 Å². The monoisotopic (exact) mass is 268 g/mol. The molecule has 2 aliphatic carbocycles. The highest BCUT2D eigenvalue weighted by molar-refractivity contribution is 6.74. The van der Waals surface area contributed by atoms with Crippen LogP contribution in [0.3, 0.4) is 0 Å². The zero-order valence-electron chi connectivity index (χ0n) is 12.7. The summed E-state index contributed by atoms with van der Waals surface area (Å²) in [6.45, 7) is 14.5. The summed E-state index contributed by atoms with van der Waals surface area (Å²) in [6.07, 6.45) is 3.56. The Hall–Kier alpha value is -0.153. The molecule has 2 saturated carbocycles. The summed E-state index contributed by atoms with van der Waals surface area (Å²) in [4.78, 5) is 11.0. The molecule has 2 aliphatic rings. The molecule has 0 aliphatic heterocycles. The number of carbonyl (C=O) groups excluding carboxylic acids is 1. The highest BCUT2D eigenvalue weighted by Crippen LogP contribution is 2.64. The summed E-state index contributed by atoms with van der Waals surface area (Å²) in [5.41, 5.74) is 0.0103. The standard InChI is InChI=1S/C15H28O2Si/c1-14(2,3)18(5,6)17-9-11-7-12(11)13-8-15(13,4)10-16/h10-13H,7-9H2,1-6H3/t11-,12+,13-,15-/m1/s1. The van der Waals surface area contributed by atoms with Gasteiger partial charge in [-0.15, -0.1) is 0 Å². The summed E-state index contributed by atoms with van der Waals surface area (Å²) in [5, 5.41) is 0.300. The fourth-order valence-corrected chi connectivity index (χ4v) is 3.74. The van der Waals surface area contributed by atoms with Crippen LogP contribution in [0.25, 0.3) is 0 Å². The molecule has 0 N–H and O–H groups in total. The molecular weight excluding hydrogens is 240 g/mol. The third-order valence-corrected chi connectivity index (χ3v) is 10.1. The molecule has 2 fully saturated rings. The van der Waals surface area contributed by atoms with E-state index in [1.54, 1.807) is 0 Å². The van der Waals surface area contributed by atoms with Crippen LogP contribution >= 0.6 is 0 Å². The predicted octanol–water partition coefficient (Wildman–Crippen LogP) is 3.87. The molecule has 0 aromatic carbocycles. The van der Waals surface area contributed by atoms with Crippen molar-refractivity contribution in [1.82, 2.24) is 0 Å². The topological polar surface area (TPSA) is 26.3 Å². The molecule has 2 rings (SSSR count). The van der Waals surface area contributed by atoms with Gasteiger partial charge in [0.25, 0.3) is 0 Å². The van der Waals surface area contributed by atoms with Crippen LogP contribution < -0.4 is 0 Å². The van der Waals surface area contributed by atoms with Gasteiger partial charge in [0.15, 0.2) is 8.32 Å². The molecule has 0 spiro atoms. The second kappa shape index (κ2) is 4.17. The Morgan fingerprint density at radius 3 is 2.44 bits per heavy atom. The number of hydrogen-bond donors (Lipinski definition) is 0. The van der Waals surface area contributed by atoms with Crippen LogP contribution in [0.5, 0.6) is 0 Å². The molecule has 0 unspecified atom stereocenters. The largest absolute Gasteiger partial charge is 0.417 e. The Morgan fingerprint density at radius 2 is 2.00 bits per heavy atom. The van der Waals surface area contributed by atoms with E-state index < -0.39 is 8.32 Å². The Balaban J connectivity index is 1.77. The molecule has 18 heavy (non-hydrogen) atoms. The second-order valence-electron chi connectivity index (χ2n) is 8.17. The van der Waals surface area contributed by atoms with Crippen LogP contribution in [-0.4, -0.2) is 21.2 Å². The van der Waals surface area contributed by atoms with Gasteiger partial charge >= 0.3 is 0 Å². The highest BCUT2D eigenvalue weighted by atomic mass is 28.4. The first-order chi connectivity index (χ1) is 8.11. The molecule has 3 heteroatoms. The van der Waals surface area contributed by atoms with Crippen molar-refractivity contribution in [2.24, 2.45) is 23.2 Å². The van der Waals surface area contributed by atoms with Crippen LogP contribution in [0.1, 0.15) is 40.5 Å². The molecule has 4 atom stereocenters. The van der Waals surface area contributed by atoms with E-state index in [0.717, 1.165) is 24.9 Å². The van der Waals surface area contributed by atoms with Crippen molar-refractivity contribution in [3.05, 3.63) is 0 Å². The van der Waals surface area contributed by atoms with Gasteiger partial charge in [0.2, 0.25) is 0 Å². The van der Waals surface area contributed by atoms with Crippen LogP contribution in [0.2, 0.25) is 18.1 Å². The molecule has 0 amide bonds. The van der Waals surface area contributed by atoms with Gasteiger partial charge in [0, 0.05) is 12.0 Å². The van der Waals surface area contributed by atoms with Crippen molar-refractivity contribution < 1.29 is 9.22 Å². The van der Waals surface area contributed by atoms with Crippen molar-refractivity contribution >= 4 is 14.6 Å². The molecule has 0 bridgehead atoms. The lowest BCUT2D eigenvalue weighted by atomic mass is 10.1. The molecule has 0 radical (unpaired) electrons. The maximum atomic E-state index is 11.0. The van der Waals surface area contributed by atoms with Crippen molar-refractivity contribution in [2.45, 2.75) is 58.7 Å². The molecule has 104 valence electrons. The first kappa shape index (κ1) is 14.3. The summed E-state index contributed by atoms with van der Waals surface area (Å²) in [5.74, 6) is 2.15. The van der Waals surface area contributed by atoms with Crippen LogP contribution in [0.15, 0.2) is 0 Å². The average Bonchev–Trinajstić information content (AvgIpc) is 3.09. The van der Waals surface area contributed by atoms with Crippen LogP contribution in [0.4, 0.5) is 0 Å². The van der Waals surface area contributed by atoms with Gasteiger partial charge in [-0.3, -0.25) is 0 Å². The lowest BCUT2D eigenvalue weighted by molar-refractivity contribution is -0.112. The normalized spacial score (nSPS) is 39.6. The average molecular weight is 268 g/mol. The maximum Gasteiger partial charge on any atom is 0.191 e. The minimum atomic E-state index is -1.59. The molecule has 2 nitrogen and oxygen atoms in total. The fourth-order valence-electron chi connectivity index (χ4n) is 2.68. The van der Waals surface area contributed by atoms with Gasteiger partial charge in [0.05, 0.1) is 0 Å². The highest BCUT2D eigenvalue weighted by Gasteiger charge is 2.60. The Morgan fingerprint density at radius 1 is 1.39 bits per heavy atom. The van der Waals surface area contributed by atoms with Gasteiger partial charge in [-0.05, 0) is 48.7 Å². The smallest absolute Gasteiger partial charge is 0.191 e. The second-order valence-corrected chi connectivity index (χ2v) is 13.0. The third kappa shape index (κ3) is 2.57. The lowest BCUT2D eigenvalue weighted by Gasteiger charge is -2.36. The molecule has 0 heterocycles. The number of hydrogen-bond acceptors (Lipinski definition) is 2. The minimum Gasteiger partial charge on any atom is -0.417 e. The molecule has 0 saturated heterocycles. The van der Waals surface area contributed by atoms with Crippen LogP contribution in [0, 0.1) is 23.2 Å². The van der Waals surface area contributed by atoms with E-state index in [9.17, 15) is 4.79 Å². The predicted molar refractivity (Wildman–Crippen MR) is 77.0 cm³/mol. The van der Waals surface area contributed by atoms with Crippen molar-refractivity contribution in [2.75, 3.05) is 6.61 Å². The quantitative estimate of drug-likeness (QED) is 0.559. The summed E-state index contributed by atoms with van der Waals surface area (Å²) in [6, 6.07) is 0. The summed E-state index contributed by atoms with van der Waals surface area (Å²) in [7, 11) is -1.59. The fraction of sp³-hybridized carbons (Fsp3) is 0.933. The number of aldehydes is 1. The van der Waals surface area contributed by atoms with Crippen molar-refractivity contribution in [3.8, 4) is 0 Å². The first-order valence-electron chi connectivity index (χ1n) is 7.21. The number of rotatable bonds is 5. The maximum absolute atomic E-state index is 11.0. The van der Waals surface area contributed by atoms with Crippen molar-refractivity contribution in [1.29, 1.82) is 0 Å². The molecular formula is C15H28O2Si. The van der Waals surface area contributed by atoms with Gasteiger partial charge in [0.1, 0.15) is 6.29 Å². The van der Waals surface area contributed by atoms with Gasteiger partial charge in [-0.2, -0.15) is 0 Å². The van der Waals surface area contributed by atoms with E-state index in [-0.39, 0.29) is 5.41 Å². The van der Waals surface area contributed by atoms with E-state index in [0.29, 0.717) is 11.0 Å².